The van der Waals surface area contributed by atoms with Gasteiger partial charge in [-0.2, -0.15) is 0 Å². The minimum atomic E-state index is -1.95. The van der Waals surface area contributed by atoms with Crippen molar-refractivity contribution >= 4 is 41.7 Å². The molecule has 3 rings (SSSR count). The summed E-state index contributed by atoms with van der Waals surface area (Å²) >= 11 is 0. The molecule has 0 aliphatic heterocycles. The third-order valence-electron chi connectivity index (χ3n) is 4.03. The van der Waals surface area contributed by atoms with E-state index in [1.165, 1.54) is 20.5 Å². The zero-order valence-corrected chi connectivity index (χ0v) is 15.8. The van der Waals surface area contributed by atoms with E-state index in [1.54, 1.807) is 12.1 Å². The van der Waals surface area contributed by atoms with E-state index in [2.05, 4.69) is 15.3 Å². The first kappa shape index (κ1) is 21.6. The van der Waals surface area contributed by atoms with Gasteiger partial charge in [0.05, 0.1) is 19.7 Å². The number of fused-ring (bicyclic) bond motifs is 1. The van der Waals surface area contributed by atoms with Gasteiger partial charge in [0.2, 0.25) is 0 Å². The lowest BCUT2D eigenvalue weighted by atomic mass is 9.80. The molecule has 3 N–H and O–H groups in total. The highest BCUT2D eigenvalue weighted by Crippen LogP contribution is 2.33. The summed E-state index contributed by atoms with van der Waals surface area (Å²) in [6, 6.07) is 5.07. The van der Waals surface area contributed by atoms with Crippen LogP contribution in [-0.2, 0) is 6.54 Å². The molecule has 0 aliphatic rings. The molecule has 0 amide bonds. The molecule has 28 heavy (non-hydrogen) atoms. The standard InChI is InChI=1S/C17H16BF2N3O4.ClH/c1-26-15-5-10-14(6-16(15)27-2)22-8-23-17(10)21-7-11-12(19)3-9(18(24)25)4-13(11)20;/h3-6,8,24-25H,7H2,1-2H3,(H,21,22,23);1H. The van der Waals surface area contributed by atoms with Gasteiger partial charge in [0, 0.05) is 23.6 Å². The molecule has 0 radical (unpaired) electrons. The van der Waals surface area contributed by atoms with Crippen molar-refractivity contribution in [2.24, 2.45) is 0 Å². The summed E-state index contributed by atoms with van der Waals surface area (Å²) in [5.74, 6) is -0.496. The summed E-state index contributed by atoms with van der Waals surface area (Å²) in [7, 11) is 1.04. The van der Waals surface area contributed by atoms with Gasteiger partial charge in [0.1, 0.15) is 23.8 Å². The molecule has 11 heteroatoms. The number of anilines is 1. The Morgan fingerprint density at radius 2 is 1.61 bits per heavy atom. The quantitative estimate of drug-likeness (QED) is 0.531. The van der Waals surface area contributed by atoms with Crippen LogP contribution in [0.1, 0.15) is 5.56 Å². The fourth-order valence-corrected chi connectivity index (χ4v) is 2.64. The van der Waals surface area contributed by atoms with Crippen molar-refractivity contribution in [3.8, 4) is 11.5 Å². The normalized spacial score (nSPS) is 10.4. The van der Waals surface area contributed by atoms with Crippen LogP contribution in [0, 0.1) is 11.6 Å². The van der Waals surface area contributed by atoms with Crippen molar-refractivity contribution < 1.29 is 28.3 Å². The molecular formula is C17H17BClF2N3O4. The van der Waals surface area contributed by atoms with Crippen LogP contribution in [-0.4, -0.2) is 41.4 Å². The lowest BCUT2D eigenvalue weighted by Gasteiger charge is -2.13. The van der Waals surface area contributed by atoms with E-state index in [0.717, 1.165) is 12.1 Å². The van der Waals surface area contributed by atoms with Gasteiger partial charge in [0.25, 0.3) is 0 Å². The lowest BCUT2D eigenvalue weighted by molar-refractivity contribution is 0.356. The highest BCUT2D eigenvalue weighted by atomic mass is 35.5. The van der Waals surface area contributed by atoms with Gasteiger partial charge >= 0.3 is 7.12 Å². The minimum absolute atomic E-state index is 0. The summed E-state index contributed by atoms with van der Waals surface area (Å²) in [5.41, 5.74) is 0.0366. The molecule has 0 unspecified atom stereocenters. The average Bonchev–Trinajstić information content (AvgIpc) is 2.65. The zero-order valence-electron chi connectivity index (χ0n) is 14.9. The molecule has 0 saturated carbocycles. The first-order valence-corrected chi connectivity index (χ1v) is 7.89. The molecule has 1 heterocycles. The maximum atomic E-state index is 14.1. The topological polar surface area (TPSA) is 96.7 Å². The molecule has 1 aromatic heterocycles. The van der Waals surface area contributed by atoms with Gasteiger partial charge in [-0.05, 0) is 23.7 Å². The van der Waals surface area contributed by atoms with E-state index in [4.69, 9.17) is 19.5 Å². The highest BCUT2D eigenvalue weighted by Gasteiger charge is 2.18. The van der Waals surface area contributed by atoms with E-state index >= 15 is 0 Å². The van der Waals surface area contributed by atoms with Crippen molar-refractivity contribution in [2.75, 3.05) is 19.5 Å². The van der Waals surface area contributed by atoms with Gasteiger partial charge in [-0.25, -0.2) is 18.7 Å². The summed E-state index contributed by atoms with van der Waals surface area (Å²) in [6.45, 7) is -0.208. The van der Waals surface area contributed by atoms with E-state index in [1.807, 2.05) is 0 Å². The Kier molecular flexibility index (Phi) is 6.95. The van der Waals surface area contributed by atoms with Crippen LogP contribution in [0.15, 0.2) is 30.6 Å². The van der Waals surface area contributed by atoms with Crippen molar-refractivity contribution in [1.29, 1.82) is 0 Å². The van der Waals surface area contributed by atoms with Gasteiger partial charge in [-0.1, -0.05) is 0 Å². The molecule has 3 aromatic rings. The molecule has 0 spiro atoms. The summed E-state index contributed by atoms with van der Waals surface area (Å²) < 4.78 is 38.8. The molecule has 148 valence electrons. The molecule has 0 saturated heterocycles. The highest BCUT2D eigenvalue weighted by molar-refractivity contribution is 6.58. The number of nitrogens with zero attached hydrogens (tertiary/aromatic N) is 2. The fraction of sp³-hybridized carbons (Fsp3) is 0.176. The Labute approximate surface area is 165 Å². The number of methoxy groups -OCH3 is 2. The van der Waals surface area contributed by atoms with E-state index in [9.17, 15) is 8.78 Å². The number of benzene rings is 2. The van der Waals surface area contributed by atoms with E-state index in [-0.39, 0.29) is 30.0 Å². The first-order valence-electron chi connectivity index (χ1n) is 7.89. The van der Waals surface area contributed by atoms with E-state index in [0.29, 0.717) is 28.2 Å². The van der Waals surface area contributed by atoms with Crippen molar-refractivity contribution in [1.82, 2.24) is 9.97 Å². The Morgan fingerprint density at radius 3 is 2.18 bits per heavy atom. The Hall–Kier alpha value is -2.69. The SMILES string of the molecule is COc1cc2ncnc(NCc3c(F)cc(B(O)O)cc3F)c2cc1OC.Cl. The van der Waals surface area contributed by atoms with Crippen LogP contribution >= 0.6 is 12.4 Å². The van der Waals surface area contributed by atoms with Crippen LogP contribution < -0.4 is 20.3 Å². The second kappa shape index (κ2) is 9.00. The van der Waals surface area contributed by atoms with E-state index < -0.39 is 18.8 Å². The number of hydrogen-bond donors (Lipinski definition) is 3. The third kappa shape index (κ3) is 4.24. The van der Waals surface area contributed by atoms with Crippen molar-refractivity contribution in [3.05, 3.63) is 47.8 Å². The maximum Gasteiger partial charge on any atom is 0.488 e. The van der Waals surface area contributed by atoms with Gasteiger partial charge in [-0.15, -0.1) is 12.4 Å². The predicted octanol–water partition coefficient (Wildman–Crippen LogP) is 1.64. The number of halogens is 3. The molecular weight excluding hydrogens is 394 g/mol. The largest absolute Gasteiger partial charge is 0.493 e. The summed E-state index contributed by atoms with van der Waals surface area (Å²) in [5, 5.41) is 21.6. The van der Waals surface area contributed by atoms with Gasteiger partial charge < -0.3 is 24.8 Å². The third-order valence-corrected chi connectivity index (χ3v) is 4.03. The Morgan fingerprint density at radius 1 is 1.00 bits per heavy atom. The molecule has 0 aliphatic carbocycles. The maximum absolute atomic E-state index is 14.1. The van der Waals surface area contributed by atoms with Crippen LogP contribution in [0.25, 0.3) is 10.9 Å². The average molecular weight is 412 g/mol. The second-order valence-corrected chi connectivity index (χ2v) is 5.64. The summed E-state index contributed by atoms with van der Waals surface area (Å²) in [6.07, 6.45) is 1.31. The zero-order chi connectivity index (χ0) is 19.6. The second-order valence-electron chi connectivity index (χ2n) is 5.64. The Balaban J connectivity index is 0.00000280. The number of ether oxygens (including phenoxy) is 2. The Bertz CT molecular complexity index is 971. The van der Waals surface area contributed by atoms with Crippen molar-refractivity contribution in [3.63, 3.8) is 0 Å². The molecule has 2 aromatic carbocycles. The first-order chi connectivity index (χ1) is 12.9. The molecule has 0 fully saturated rings. The number of nitrogens with one attached hydrogen (secondary N) is 1. The van der Waals surface area contributed by atoms with Crippen LogP contribution in [0.4, 0.5) is 14.6 Å². The summed E-state index contributed by atoms with van der Waals surface area (Å²) in [4.78, 5) is 8.27. The fourth-order valence-electron chi connectivity index (χ4n) is 2.64. The number of aromatic nitrogens is 2. The molecule has 7 nitrogen and oxygen atoms in total. The number of rotatable bonds is 6. The van der Waals surface area contributed by atoms with Crippen LogP contribution in [0.2, 0.25) is 0 Å². The molecule has 0 atom stereocenters. The van der Waals surface area contributed by atoms with Gasteiger partial charge in [0.15, 0.2) is 11.5 Å². The van der Waals surface area contributed by atoms with Crippen molar-refractivity contribution in [2.45, 2.75) is 6.54 Å². The lowest BCUT2D eigenvalue weighted by Crippen LogP contribution is -2.31. The van der Waals surface area contributed by atoms with Crippen LogP contribution in [0.5, 0.6) is 11.5 Å². The monoisotopic (exact) mass is 411 g/mol. The number of hydrogen-bond acceptors (Lipinski definition) is 7. The molecule has 0 bridgehead atoms. The van der Waals surface area contributed by atoms with Crippen LogP contribution in [0.3, 0.4) is 0 Å². The smallest absolute Gasteiger partial charge is 0.488 e. The predicted molar refractivity (Wildman–Crippen MR) is 103 cm³/mol. The van der Waals surface area contributed by atoms with Gasteiger partial charge in [-0.3, -0.25) is 0 Å². The minimum Gasteiger partial charge on any atom is -0.493 e.